The van der Waals surface area contributed by atoms with E-state index in [1.165, 1.54) is 11.1 Å². The third kappa shape index (κ3) is 3.85. The number of aldehydes is 1. The lowest BCUT2D eigenvalue weighted by molar-refractivity contribution is -0.117. The predicted molar refractivity (Wildman–Crippen MR) is 86.3 cm³/mol. The molecule has 6 heteroatoms. The number of ether oxygens (including phenoxy) is 2. The second kappa shape index (κ2) is 7.40. The zero-order valence-corrected chi connectivity index (χ0v) is 13.3. The summed E-state index contributed by atoms with van der Waals surface area (Å²) in [5.41, 5.74) is 1.71. The minimum Gasteiger partial charge on any atom is -0.493 e. The summed E-state index contributed by atoms with van der Waals surface area (Å²) < 4.78 is 10.4. The number of carbonyl (C=O) groups excluding carboxylic acids is 2. The van der Waals surface area contributed by atoms with Gasteiger partial charge in [-0.3, -0.25) is 14.6 Å². The van der Waals surface area contributed by atoms with Gasteiger partial charge in [0.25, 0.3) is 0 Å². The Labute approximate surface area is 134 Å². The first kappa shape index (κ1) is 16.5. The van der Waals surface area contributed by atoms with Gasteiger partial charge in [-0.2, -0.15) is 0 Å². The van der Waals surface area contributed by atoms with Crippen molar-refractivity contribution in [1.29, 1.82) is 0 Å². The lowest BCUT2D eigenvalue weighted by Crippen LogP contribution is -2.28. The summed E-state index contributed by atoms with van der Waals surface area (Å²) in [6.07, 6.45) is 2.35. The fraction of sp³-hybridized carbons (Fsp3) is 0.235. The number of aromatic nitrogens is 1. The van der Waals surface area contributed by atoms with Crippen molar-refractivity contribution in [2.24, 2.45) is 0 Å². The first-order chi connectivity index (χ1) is 11.1. The minimum absolute atomic E-state index is 0.111. The van der Waals surface area contributed by atoms with Gasteiger partial charge in [-0.1, -0.05) is 6.07 Å². The maximum absolute atomic E-state index is 12.4. The molecule has 2 aromatic rings. The van der Waals surface area contributed by atoms with Crippen molar-refractivity contribution in [3.63, 3.8) is 0 Å². The molecular weight excluding hydrogens is 296 g/mol. The third-order valence-corrected chi connectivity index (χ3v) is 3.45. The van der Waals surface area contributed by atoms with Crippen molar-refractivity contribution in [2.75, 3.05) is 26.2 Å². The van der Waals surface area contributed by atoms with Gasteiger partial charge < -0.3 is 14.4 Å². The number of amides is 1. The van der Waals surface area contributed by atoms with Gasteiger partial charge in [-0.15, -0.1) is 0 Å². The Morgan fingerprint density at radius 3 is 2.57 bits per heavy atom. The van der Waals surface area contributed by atoms with Gasteiger partial charge in [0.05, 0.1) is 20.6 Å². The van der Waals surface area contributed by atoms with Crippen LogP contribution < -0.4 is 14.4 Å². The zero-order valence-electron chi connectivity index (χ0n) is 13.3. The Hall–Kier alpha value is -2.89. The van der Waals surface area contributed by atoms with Crippen LogP contribution >= 0.6 is 0 Å². The summed E-state index contributed by atoms with van der Waals surface area (Å²) in [5, 5.41) is 0. The van der Waals surface area contributed by atoms with Gasteiger partial charge in [-0.05, 0) is 29.8 Å². The molecule has 6 nitrogen and oxygen atoms in total. The van der Waals surface area contributed by atoms with Gasteiger partial charge >= 0.3 is 0 Å². The van der Waals surface area contributed by atoms with E-state index >= 15 is 0 Å². The highest BCUT2D eigenvalue weighted by Gasteiger charge is 2.14. The van der Waals surface area contributed by atoms with Crippen LogP contribution in [0.4, 0.5) is 5.69 Å². The van der Waals surface area contributed by atoms with Crippen LogP contribution in [0.2, 0.25) is 0 Å². The lowest BCUT2D eigenvalue weighted by Gasteiger charge is -2.18. The van der Waals surface area contributed by atoms with E-state index in [2.05, 4.69) is 4.98 Å². The van der Waals surface area contributed by atoms with Crippen LogP contribution in [0.5, 0.6) is 11.5 Å². The number of hydrogen-bond acceptors (Lipinski definition) is 5. The normalized spacial score (nSPS) is 10.0. The first-order valence-corrected chi connectivity index (χ1v) is 6.97. The summed E-state index contributed by atoms with van der Waals surface area (Å²) >= 11 is 0. The first-order valence-electron chi connectivity index (χ1n) is 6.97. The summed E-state index contributed by atoms with van der Waals surface area (Å²) in [7, 11) is 4.77. The molecule has 0 saturated carbocycles. The van der Waals surface area contributed by atoms with Crippen LogP contribution in [0.15, 0.2) is 36.5 Å². The fourth-order valence-electron chi connectivity index (χ4n) is 2.14. The van der Waals surface area contributed by atoms with Crippen LogP contribution in [-0.4, -0.2) is 38.4 Å². The molecule has 1 heterocycles. The molecule has 0 atom stereocenters. The highest BCUT2D eigenvalue weighted by Crippen LogP contribution is 2.28. The molecule has 0 radical (unpaired) electrons. The molecule has 0 N–H and O–H groups in total. The average molecular weight is 314 g/mol. The van der Waals surface area contributed by atoms with Crippen LogP contribution in [0.1, 0.15) is 16.1 Å². The van der Waals surface area contributed by atoms with Crippen molar-refractivity contribution in [2.45, 2.75) is 6.42 Å². The molecule has 0 unspecified atom stereocenters. The van der Waals surface area contributed by atoms with E-state index in [4.69, 9.17) is 9.47 Å². The molecule has 0 spiro atoms. The second-order valence-electron chi connectivity index (χ2n) is 4.88. The molecule has 0 aliphatic carbocycles. The maximum atomic E-state index is 12.4. The second-order valence-corrected chi connectivity index (χ2v) is 4.88. The Morgan fingerprint density at radius 2 is 1.91 bits per heavy atom. The van der Waals surface area contributed by atoms with E-state index in [0.717, 1.165) is 5.56 Å². The summed E-state index contributed by atoms with van der Waals surface area (Å²) in [6.45, 7) is 0. The number of likely N-dealkylation sites (N-methyl/N-ethyl adjacent to an activating group) is 1. The minimum atomic E-state index is -0.111. The predicted octanol–water partition coefficient (Wildman–Crippen LogP) is 2.12. The standard InChI is InChI=1S/C17H18N2O4/c1-19(14-6-7-18-13(10-14)11-20)17(21)9-12-4-5-15(22-2)16(8-12)23-3/h4-8,10-11H,9H2,1-3H3. The van der Waals surface area contributed by atoms with Crippen molar-refractivity contribution in [3.05, 3.63) is 47.8 Å². The van der Waals surface area contributed by atoms with Crippen LogP contribution in [0, 0.1) is 0 Å². The number of benzene rings is 1. The van der Waals surface area contributed by atoms with Crippen molar-refractivity contribution < 1.29 is 19.1 Å². The Bertz CT molecular complexity index is 715. The third-order valence-electron chi connectivity index (χ3n) is 3.45. The van der Waals surface area contributed by atoms with Crippen LogP contribution in [0.25, 0.3) is 0 Å². The van der Waals surface area contributed by atoms with Gasteiger partial charge in [0.1, 0.15) is 5.69 Å². The molecule has 0 bridgehead atoms. The molecule has 0 aliphatic heterocycles. The molecule has 120 valence electrons. The Kier molecular flexibility index (Phi) is 5.30. The van der Waals surface area contributed by atoms with E-state index in [9.17, 15) is 9.59 Å². The smallest absolute Gasteiger partial charge is 0.231 e. The van der Waals surface area contributed by atoms with Crippen molar-refractivity contribution >= 4 is 17.9 Å². The summed E-state index contributed by atoms with van der Waals surface area (Å²) in [5.74, 6) is 1.08. The summed E-state index contributed by atoms with van der Waals surface area (Å²) in [6, 6.07) is 8.60. The number of nitrogens with zero attached hydrogens (tertiary/aromatic N) is 2. The molecule has 1 aromatic heterocycles. The monoisotopic (exact) mass is 314 g/mol. The molecule has 0 fully saturated rings. The maximum Gasteiger partial charge on any atom is 0.231 e. The van der Waals surface area contributed by atoms with Crippen molar-refractivity contribution in [1.82, 2.24) is 4.98 Å². The molecular formula is C17H18N2O4. The number of rotatable bonds is 6. The largest absolute Gasteiger partial charge is 0.493 e. The van der Waals surface area contributed by atoms with Gasteiger partial charge in [0.2, 0.25) is 5.91 Å². The van der Waals surface area contributed by atoms with E-state index < -0.39 is 0 Å². The number of pyridine rings is 1. The topological polar surface area (TPSA) is 68.7 Å². The molecule has 23 heavy (non-hydrogen) atoms. The van der Waals surface area contributed by atoms with E-state index in [1.807, 2.05) is 6.07 Å². The lowest BCUT2D eigenvalue weighted by atomic mass is 10.1. The molecule has 2 rings (SSSR count). The molecule has 0 saturated heterocycles. The van der Waals surface area contributed by atoms with E-state index in [-0.39, 0.29) is 18.0 Å². The van der Waals surface area contributed by atoms with Gasteiger partial charge in [0, 0.05) is 18.9 Å². The Balaban J connectivity index is 2.16. The van der Waals surface area contributed by atoms with Gasteiger partial charge in [0.15, 0.2) is 17.8 Å². The van der Waals surface area contributed by atoms with Crippen LogP contribution in [-0.2, 0) is 11.2 Å². The number of carbonyl (C=O) groups is 2. The average Bonchev–Trinajstić information content (AvgIpc) is 2.60. The fourth-order valence-corrected chi connectivity index (χ4v) is 2.14. The molecule has 1 amide bonds. The highest BCUT2D eigenvalue weighted by atomic mass is 16.5. The molecule has 0 aliphatic rings. The zero-order chi connectivity index (χ0) is 16.8. The number of methoxy groups -OCH3 is 2. The van der Waals surface area contributed by atoms with E-state index in [1.54, 1.807) is 45.5 Å². The van der Waals surface area contributed by atoms with Crippen molar-refractivity contribution in [3.8, 4) is 11.5 Å². The molecule has 1 aromatic carbocycles. The quantitative estimate of drug-likeness (QED) is 0.764. The highest BCUT2D eigenvalue weighted by molar-refractivity contribution is 5.94. The number of hydrogen-bond donors (Lipinski definition) is 0. The van der Waals surface area contributed by atoms with Crippen LogP contribution in [0.3, 0.4) is 0 Å². The number of anilines is 1. The van der Waals surface area contributed by atoms with Gasteiger partial charge in [-0.25, -0.2) is 0 Å². The summed E-state index contributed by atoms with van der Waals surface area (Å²) in [4.78, 5) is 28.6. The SMILES string of the molecule is COc1ccc(CC(=O)N(C)c2ccnc(C=O)c2)cc1OC. The van der Waals surface area contributed by atoms with E-state index in [0.29, 0.717) is 23.5 Å². The Morgan fingerprint density at radius 1 is 1.17 bits per heavy atom.